The standard InChI is InChI=1S/C18H23N3O4/c1-18(2,3)14-5-7-16(8-6-14)25-12-4-10-19-17-13-15(21(23)24)9-11-20(17)22/h5-9,11,13,19H,4,10,12H2,1-3H3. The van der Waals surface area contributed by atoms with E-state index in [9.17, 15) is 15.3 Å². The highest BCUT2D eigenvalue weighted by atomic mass is 16.6. The molecule has 0 radical (unpaired) electrons. The number of hydrogen-bond acceptors (Lipinski definition) is 5. The van der Waals surface area contributed by atoms with Gasteiger partial charge in [-0.05, 0) is 23.1 Å². The van der Waals surface area contributed by atoms with Gasteiger partial charge >= 0.3 is 0 Å². The normalized spacial score (nSPS) is 11.2. The Labute approximate surface area is 147 Å². The molecule has 2 aromatic rings. The first-order valence-corrected chi connectivity index (χ1v) is 8.12. The molecule has 0 unspecified atom stereocenters. The Morgan fingerprint density at radius 2 is 1.88 bits per heavy atom. The van der Waals surface area contributed by atoms with Crippen LogP contribution in [0.5, 0.6) is 5.75 Å². The predicted molar refractivity (Wildman–Crippen MR) is 95.8 cm³/mol. The number of ether oxygens (including phenoxy) is 1. The lowest BCUT2D eigenvalue weighted by molar-refractivity contribution is -0.591. The monoisotopic (exact) mass is 345 g/mol. The Kier molecular flexibility index (Phi) is 5.80. The summed E-state index contributed by atoms with van der Waals surface area (Å²) in [5.74, 6) is 0.950. The number of pyridine rings is 1. The van der Waals surface area contributed by atoms with Gasteiger partial charge in [0.1, 0.15) is 18.0 Å². The van der Waals surface area contributed by atoms with E-state index in [1.807, 2.05) is 12.1 Å². The fourth-order valence-electron chi connectivity index (χ4n) is 2.25. The third-order valence-electron chi connectivity index (χ3n) is 3.73. The maximum atomic E-state index is 11.6. The van der Waals surface area contributed by atoms with E-state index in [2.05, 4.69) is 38.2 Å². The van der Waals surface area contributed by atoms with Gasteiger partial charge in [-0.25, -0.2) is 4.73 Å². The number of rotatable bonds is 7. The van der Waals surface area contributed by atoms with E-state index < -0.39 is 4.92 Å². The Bertz CT molecular complexity index is 724. The molecule has 0 atom stereocenters. The molecule has 0 bridgehead atoms. The van der Waals surface area contributed by atoms with Crippen molar-refractivity contribution in [3.63, 3.8) is 0 Å². The molecule has 2 rings (SSSR count). The van der Waals surface area contributed by atoms with E-state index in [0.717, 1.165) is 11.9 Å². The van der Waals surface area contributed by atoms with E-state index in [1.165, 1.54) is 17.7 Å². The average molecular weight is 345 g/mol. The first kappa shape index (κ1) is 18.5. The summed E-state index contributed by atoms with van der Waals surface area (Å²) in [5.41, 5.74) is 1.23. The molecule has 1 aromatic carbocycles. The molecule has 0 amide bonds. The number of nitrogens with zero attached hydrogens (tertiary/aromatic N) is 2. The topological polar surface area (TPSA) is 91.3 Å². The average Bonchev–Trinajstić information content (AvgIpc) is 2.55. The number of aromatic nitrogens is 1. The quantitative estimate of drug-likeness (QED) is 0.273. The van der Waals surface area contributed by atoms with Crippen LogP contribution in [0.15, 0.2) is 42.6 Å². The summed E-state index contributed by atoms with van der Waals surface area (Å²) in [6, 6.07) is 10.4. The zero-order chi connectivity index (χ0) is 18.4. The van der Waals surface area contributed by atoms with E-state index in [1.54, 1.807) is 0 Å². The lowest BCUT2D eigenvalue weighted by Crippen LogP contribution is -2.30. The van der Waals surface area contributed by atoms with Crippen LogP contribution < -0.4 is 14.8 Å². The maximum absolute atomic E-state index is 11.6. The van der Waals surface area contributed by atoms with Crippen molar-refractivity contribution in [1.82, 2.24) is 0 Å². The van der Waals surface area contributed by atoms with E-state index in [4.69, 9.17) is 4.74 Å². The van der Waals surface area contributed by atoms with Gasteiger partial charge in [0.15, 0.2) is 0 Å². The Hall–Kier alpha value is -2.83. The van der Waals surface area contributed by atoms with E-state index in [-0.39, 0.29) is 16.9 Å². The van der Waals surface area contributed by atoms with Crippen molar-refractivity contribution >= 4 is 11.5 Å². The van der Waals surface area contributed by atoms with Gasteiger partial charge in [0.05, 0.1) is 24.1 Å². The van der Waals surface area contributed by atoms with Crippen LogP contribution in [0.25, 0.3) is 0 Å². The minimum absolute atomic E-state index is 0.106. The fraction of sp³-hybridized carbons (Fsp3) is 0.389. The summed E-state index contributed by atoms with van der Waals surface area (Å²) in [7, 11) is 0. The van der Waals surface area contributed by atoms with Gasteiger partial charge in [-0.3, -0.25) is 15.4 Å². The van der Waals surface area contributed by atoms with Crippen LogP contribution >= 0.6 is 0 Å². The van der Waals surface area contributed by atoms with Crippen LogP contribution in [-0.2, 0) is 5.41 Å². The fourth-order valence-corrected chi connectivity index (χ4v) is 2.25. The molecule has 25 heavy (non-hydrogen) atoms. The summed E-state index contributed by atoms with van der Waals surface area (Å²) in [6.45, 7) is 7.43. The van der Waals surface area contributed by atoms with E-state index in [0.29, 0.717) is 24.3 Å². The second kappa shape index (κ2) is 7.83. The van der Waals surface area contributed by atoms with Crippen molar-refractivity contribution in [1.29, 1.82) is 0 Å². The molecule has 7 heteroatoms. The SMILES string of the molecule is CC(C)(C)c1ccc(OCCCNc2cc([N+](=O)[O-])cc[n+]2[O-])cc1. The number of nitrogens with one attached hydrogen (secondary N) is 1. The van der Waals surface area contributed by atoms with Gasteiger partial charge in [-0.2, -0.15) is 0 Å². The lowest BCUT2D eigenvalue weighted by atomic mass is 9.87. The van der Waals surface area contributed by atoms with E-state index >= 15 is 0 Å². The van der Waals surface area contributed by atoms with Crippen LogP contribution in [0.4, 0.5) is 11.5 Å². The highest BCUT2D eigenvalue weighted by molar-refractivity contribution is 5.40. The third kappa shape index (κ3) is 5.34. The minimum Gasteiger partial charge on any atom is -0.711 e. The van der Waals surface area contributed by atoms with Crippen molar-refractivity contribution in [2.45, 2.75) is 32.6 Å². The summed E-state index contributed by atoms with van der Waals surface area (Å²) in [4.78, 5) is 10.2. The van der Waals surface area contributed by atoms with Crippen LogP contribution in [0, 0.1) is 15.3 Å². The highest BCUT2D eigenvalue weighted by Crippen LogP contribution is 2.24. The van der Waals surface area contributed by atoms with Gasteiger partial charge < -0.3 is 9.94 Å². The van der Waals surface area contributed by atoms with Gasteiger partial charge in [0, 0.05) is 6.42 Å². The van der Waals surface area contributed by atoms with Gasteiger partial charge in [0.25, 0.3) is 11.5 Å². The zero-order valence-corrected chi connectivity index (χ0v) is 14.7. The smallest absolute Gasteiger partial charge is 0.284 e. The first-order valence-electron chi connectivity index (χ1n) is 8.12. The molecule has 0 aliphatic carbocycles. The molecule has 1 heterocycles. The molecule has 1 N–H and O–H groups in total. The zero-order valence-electron chi connectivity index (χ0n) is 14.7. The van der Waals surface area contributed by atoms with Gasteiger partial charge in [-0.1, -0.05) is 32.9 Å². The number of nitro groups is 1. The number of benzene rings is 1. The third-order valence-corrected chi connectivity index (χ3v) is 3.73. The molecule has 0 fully saturated rings. The van der Waals surface area contributed by atoms with Crippen molar-refractivity contribution in [2.24, 2.45) is 0 Å². The largest absolute Gasteiger partial charge is 0.711 e. The van der Waals surface area contributed by atoms with Crippen LogP contribution in [0.2, 0.25) is 0 Å². The molecule has 0 spiro atoms. The second-order valence-corrected chi connectivity index (χ2v) is 6.76. The van der Waals surface area contributed by atoms with Gasteiger partial charge in [-0.15, -0.1) is 0 Å². The van der Waals surface area contributed by atoms with Crippen molar-refractivity contribution in [3.05, 3.63) is 63.5 Å². The van der Waals surface area contributed by atoms with Crippen molar-refractivity contribution in [3.8, 4) is 5.75 Å². The molecule has 1 aromatic heterocycles. The summed E-state index contributed by atoms with van der Waals surface area (Å²) in [6.07, 6.45) is 1.78. The number of anilines is 1. The summed E-state index contributed by atoms with van der Waals surface area (Å²) in [5, 5.41) is 25.2. The highest BCUT2D eigenvalue weighted by Gasteiger charge is 2.13. The van der Waals surface area contributed by atoms with Crippen LogP contribution in [-0.4, -0.2) is 18.1 Å². The summed E-state index contributed by atoms with van der Waals surface area (Å²) >= 11 is 0. The molecule has 0 aliphatic heterocycles. The molecular weight excluding hydrogens is 322 g/mol. The van der Waals surface area contributed by atoms with Crippen molar-refractivity contribution < 1.29 is 14.4 Å². The molecule has 0 aliphatic rings. The van der Waals surface area contributed by atoms with Crippen LogP contribution in [0.3, 0.4) is 0 Å². The Morgan fingerprint density at radius 3 is 2.48 bits per heavy atom. The van der Waals surface area contributed by atoms with Crippen LogP contribution in [0.1, 0.15) is 32.8 Å². The number of hydrogen-bond donors (Lipinski definition) is 1. The Balaban J connectivity index is 1.78. The molecule has 0 saturated carbocycles. The molecular formula is C18H23N3O4. The predicted octanol–water partition coefficient (Wildman–Crippen LogP) is 3.41. The molecule has 0 saturated heterocycles. The molecule has 134 valence electrons. The van der Waals surface area contributed by atoms with Gasteiger partial charge in [0.2, 0.25) is 0 Å². The summed E-state index contributed by atoms with van der Waals surface area (Å²) < 4.78 is 6.24. The minimum atomic E-state index is -0.532. The first-order chi connectivity index (χ1) is 11.8. The molecule has 7 nitrogen and oxygen atoms in total. The lowest BCUT2D eigenvalue weighted by Gasteiger charge is -2.19. The van der Waals surface area contributed by atoms with Crippen molar-refractivity contribution in [2.75, 3.05) is 18.5 Å². The second-order valence-electron chi connectivity index (χ2n) is 6.76. The maximum Gasteiger partial charge on any atom is 0.284 e. The Morgan fingerprint density at radius 1 is 1.20 bits per heavy atom.